The number of benzene rings is 5. The Balaban J connectivity index is 0.000000208. The van der Waals surface area contributed by atoms with Crippen molar-refractivity contribution in [2.24, 2.45) is 0 Å². The Hall–Kier alpha value is -9.53. The zero-order valence-electron chi connectivity index (χ0n) is 50.3. The first-order valence-electron chi connectivity index (χ1n) is 28.3. The van der Waals surface area contributed by atoms with Gasteiger partial charge in [-0.3, -0.25) is 14.6 Å². The SMILES string of the molecule is COc1cc(/C=C2/C(C)=C(CC(=O)NCc3ccccn3)c3cc(F)ccc32)cc(OC)c1OC(=O)N1CCN(C)CC1.COc1cccc(NC(=O)CC2=C(C)/C(=C/c3cc(OC)c(OC(=O)N4CCN(C)CC4)c(OC)c3)c3ccc(F)cc32)c1. The Kier molecular flexibility index (Phi) is 20.0. The molecule has 0 atom stereocenters. The van der Waals surface area contributed by atoms with Crippen LogP contribution in [0.4, 0.5) is 24.1 Å². The van der Waals surface area contributed by atoms with Crippen LogP contribution < -0.4 is 43.8 Å². The fourth-order valence-electron chi connectivity index (χ4n) is 10.7. The zero-order chi connectivity index (χ0) is 61.9. The number of hydrogen-bond donors (Lipinski definition) is 2. The van der Waals surface area contributed by atoms with Crippen LogP contribution in [0.1, 0.15) is 65.8 Å². The summed E-state index contributed by atoms with van der Waals surface area (Å²) >= 11 is 0. The van der Waals surface area contributed by atoms with E-state index in [1.165, 1.54) is 52.7 Å². The fraction of sp³-hybridized carbons (Fsp3) is 0.299. The van der Waals surface area contributed by atoms with Gasteiger partial charge in [-0.25, -0.2) is 18.4 Å². The lowest BCUT2D eigenvalue weighted by molar-refractivity contribution is -0.120. The van der Waals surface area contributed by atoms with E-state index in [0.717, 1.165) is 82.0 Å². The van der Waals surface area contributed by atoms with E-state index in [-0.39, 0.29) is 42.0 Å². The van der Waals surface area contributed by atoms with Gasteiger partial charge >= 0.3 is 12.2 Å². The van der Waals surface area contributed by atoms with Gasteiger partial charge in [0.15, 0.2) is 23.0 Å². The Morgan fingerprint density at radius 3 is 1.41 bits per heavy atom. The minimum Gasteiger partial charge on any atom is -0.497 e. The van der Waals surface area contributed by atoms with Crippen LogP contribution in [0.15, 0.2) is 120 Å². The summed E-state index contributed by atoms with van der Waals surface area (Å²) in [5, 5.41) is 5.81. The van der Waals surface area contributed by atoms with Crippen molar-refractivity contribution >= 4 is 64.1 Å². The smallest absolute Gasteiger partial charge is 0.415 e. The molecule has 2 fully saturated rings. The van der Waals surface area contributed by atoms with E-state index in [1.807, 2.05) is 58.3 Å². The Morgan fingerprint density at radius 2 is 0.989 bits per heavy atom. The number of carbonyl (C=O) groups is 4. The number of amides is 4. The van der Waals surface area contributed by atoms with Gasteiger partial charge in [-0.1, -0.05) is 24.3 Å². The monoisotopic (exact) mass is 1190 g/mol. The molecule has 0 spiro atoms. The maximum Gasteiger partial charge on any atom is 0.415 e. The van der Waals surface area contributed by atoms with Gasteiger partial charge in [0, 0.05) is 70.3 Å². The van der Waals surface area contributed by atoms with Gasteiger partial charge < -0.3 is 63.4 Å². The summed E-state index contributed by atoms with van der Waals surface area (Å²) in [5.41, 5.74) is 10.6. The van der Waals surface area contributed by atoms with Crippen molar-refractivity contribution in [2.75, 3.05) is 107 Å². The second-order valence-electron chi connectivity index (χ2n) is 21.3. The van der Waals surface area contributed by atoms with E-state index in [4.69, 9.17) is 33.2 Å². The lowest BCUT2D eigenvalue weighted by Crippen LogP contribution is -2.48. The molecule has 10 rings (SSSR count). The van der Waals surface area contributed by atoms with Crippen LogP contribution >= 0.6 is 0 Å². The molecule has 0 radical (unpaired) electrons. The normalized spacial score (nSPS) is 15.8. The molecule has 20 heteroatoms. The van der Waals surface area contributed by atoms with Crippen LogP contribution in [0.25, 0.3) is 34.4 Å². The highest BCUT2D eigenvalue weighted by atomic mass is 19.1. The molecule has 5 aromatic carbocycles. The molecule has 18 nitrogen and oxygen atoms in total. The molecule has 2 saturated heterocycles. The van der Waals surface area contributed by atoms with Gasteiger partial charge in [0.1, 0.15) is 17.4 Å². The molecule has 0 unspecified atom stereocenters. The highest BCUT2D eigenvalue weighted by Crippen LogP contribution is 2.48. The highest BCUT2D eigenvalue weighted by molar-refractivity contribution is 6.10. The first-order chi connectivity index (χ1) is 42.0. The number of methoxy groups -OCH3 is 5. The number of hydrogen-bond acceptors (Lipinski definition) is 14. The van der Waals surface area contributed by atoms with Gasteiger partial charge in [-0.15, -0.1) is 0 Å². The van der Waals surface area contributed by atoms with Crippen molar-refractivity contribution in [3.05, 3.63) is 171 Å². The van der Waals surface area contributed by atoms with E-state index < -0.39 is 18.0 Å². The van der Waals surface area contributed by atoms with E-state index in [2.05, 4.69) is 25.4 Å². The zero-order valence-corrected chi connectivity index (χ0v) is 50.3. The first-order valence-corrected chi connectivity index (χ1v) is 28.3. The number of piperazine rings is 2. The third-order valence-corrected chi connectivity index (χ3v) is 15.6. The quantitative estimate of drug-likeness (QED) is 0.0933. The molecule has 1 aromatic heterocycles. The van der Waals surface area contributed by atoms with Crippen molar-refractivity contribution < 1.29 is 61.1 Å². The average Bonchev–Trinajstić information content (AvgIpc) is 1.99. The summed E-state index contributed by atoms with van der Waals surface area (Å²) in [5.74, 6) is 1.15. The molecule has 2 aliphatic carbocycles. The molecular formula is C67H71F2N7O11. The number of ether oxygens (including phenoxy) is 7. The summed E-state index contributed by atoms with van der Waals surface area (Å²) in [6.45, 7) is 9.46. The number of nitrogens with one attached hydrogen (secondary N) is 2. The van der Waals surface area contributed by atoms with Gasteiger partial charge in [-0.05, 0) is 180 Å². The number of rotatable bonds is 16. The number of carbonyl (C=O) groups excluding carboxylic acids is 4. The maximum atomic E-state index is 14.4. The molecule has 454 valence electrons. The minimum atomic E-state index is -0.469. The van der Waals surface area contributed by atoms with Crippen LogP contribution in [0.3, 0.4) is 0 Å². The molecule has 4 amide bonds. The van der Waals surface area contributed by atoms with Crippen LogP contribution in [-0.2, 0) is 16.1 Å². The number of nitrogens with zero attached hydrogens (tertiary/aromatic N) is 5. The molecule has 6 aromatic rings. The Bertz CT molecular complexity index is 3650. The highest BCUT2D eigenvalue weighted by Gasteiger charge is 2.31. The van der Waals surface area contributed by atoms with E-state index in [1.54, 1.807) is 83.8 Å². The Labute approximate surface area is 505 Å². The molecule has 2 N–H and O–H groups in total. The topological polar surface area (TPSA) is 183 Å². The average molecular weight is 1190 g/mol. The number of likely N-dealkylation sites (N-methyl/N-ethyl adjacent to an activating group) is 2. The number of halogens is 2. The predicted molar refractivity (Wildman–Crippen MR) is 330 cm³/mol. The van der Waals surface area contributed by atoms with E-state index >= 15 is 0 Å². The summed E-state index contributed by atoms with van der Waals surface area (Å²) in [6, 6.07) is 28.8. The van der Waals surface area contributed by atoms with Gasteiger partial charge in [0.2, 0.25) is 23.3 Å². The second-order valence-corrected chi connectivity index (χ2v) is 21.3. The van der Waals surface area contributed by atoms with Gasteiger partial charge in [-0.2, -0.15) is 0 Å². The predicted octanol–water partition coefficient (Wildman–Crippen LogP) is 11.0. The summed E-state index contributed by atoms with van der Waals surface area (Å²) < 4.78 is 68.1. The standard InChI is InChI=1S/C34H36FN3O6.C33H35FN4O5/c1-21-27(15-22-16-30(42-4)33(31(17-22)43-5)44-34(40)38-13-11-37(2)12-14-38)26-10-9-23(35)18-29(26)28(21)20-32(39)36-24-7-6-8-25(19-24)41-3;1-21-26(25-9-8-23(34)18-28(25)27(21)19-31(39)36-20-24-7-5-6-10-35-24)15-22-16-29(41-3)32(30(17-22)42-4)43-33(40)38-13-11-37(2)12-14-38/h6-10,15-19H,11-14,20H2,1-5H3,(H,36,39);5-10,15-18H,11-14,19-20H2,1-4H3,(H,36,39)/b27-15-;26-15-. The third-order valence-electron chi connectivity index (χ3n) is 15.6. The third kappa shape index (κ3) is 14.8. The van der Waals surface area contributed by atoms with E-state index in [0.29, 0.717) is 83.8 Å². The van der Waals surface area contributed by atoms with Crippen LogP contribution in [0, 0.1) is 11.6 Å². The number of allylic oxidation sites excluding steroid dienone is 4. The van der Waals surface area contributed by atoms with Crippen LogP contribution in [0.5, 0.6) is 40.2 Å². The van der Waals surface area contributed by atoms with E-state index in [9.17, 15) is 28.0 Å². The lowest BCUT2D eigenvalue weighted by atomic mass is 10.00. The molecular weight excluding hydrogens is 1120 g/mol. The second kappa shape index (κ2) is 28.1. The molecule has 87 heavy (non-hydrogen) atoms. The molecule has 4 aliphatic rings. The largest absolute Gasteiger partial charge is 0.497 e. The Morgan fingerprint density at radius 1 is 0.529 bits per heavy atom. The minimum absolute atomic E-state index is 0.0463. The summed E-state index contributed by atoms with van der Waals surface area (Å²) in [7, 11) is 11.6. The maximum absolute atomic E-state index is 14.4. The number of anilines is 1. The van der Waals surface area contributed by atoms with Crippen molar-refractivity contribution in [1.82, 2.24) is 29.9 Å². The number of fused-ring (bicyclic) bond motifs is 2. The van der Waals surface area contributed by atoms with Gasteiger partial charge in [0.25, 0.3) is 0 Å². The van der Waals surface area contributed by atoms with Crippen molar-refractivity contribution in [3.63, 3.8) is 0 Å². The fourth-order valence-corrected chi connectivity index (χ4v) is 10.7. The number of aromatic nitrogens is 1. The van der Waals surface area contributed by atoms with Gasteiger partial charge in [0.05, 0.1) is 60.6 Å². The van der Waals surface area contributed by atoms with Crippen molar-refractivity contribution in [3.8, 4) is 40.2 Å². The van der Waals surface area contributed by atoms with Crippen molar-refractivity contribution in [1.29, 1.82) is 0 Å². The summed E-state index contributed by atoms with van der Waals surface area (Å²) in [4.78, 5) is 63.8. The molecule has 0 bridgehead atoms. The van der Waals surface area contributed by atoms with Crippen LogP contribution in [-0.4, -0.2) is 151 Å². The molecule has 0 saturated carbocycles. The number of pyridine rings is 1. The molecule has 3 heterocycles. The van der Waals surface area contributed by atoms with Crippen molar-refractivity contribution in [2.45, 2.75) is 33.2 Å². The van der Waals surface area contributed by atoms with Crippen LogP contribution in [0.2, 0.25) is 0 Å². The first kappa shape index (κ1) is 62.0. The molecule has 2 aliphatic heterocycles. The lowest BCUT2D eigenvalue weighted by Gasteiger charge is -2.31. The summed E-state index contributed by atoms with van der Waals surface area (Å²) in [6.07, 6.45) is 4.73.